The number of nitrogens with zero attached hydrogens (tertiary/aromatic N) is 1. The molecule has 4 atom stereocenters. The van der Waals surface area contributed by atoms with Crippen LogP contribution in [0.15, 0.2) is 4.99 Å². The lowest BCUT2D eigenvalue weighted by molar-refractivity contribution is -0.0248. The van der Waals surface area contributed by atoms with E-state index in [4.69, 9.17) is 0 Å². The van der Waals surface area contributed by atoms with Gasteiger partial charge in [0.05, 0.1) is 12.1 Å². The number of carbonyl (C=O) groups excluding carboxylic acids is 1. The van der Waals surface area contributed by atoms with Gasteiger partial charge >= 0.3 is 0 Å². The van der Waals surface area contributed by atoms with E-state index in [-0.39, 0.29) is 11.5 Å². The van der Waals surface area contributed by atoms with Gasteiger partial charge in [-0.2, -0.15) is 0 Å². The fourth-order valence-corrected chi connectivity index (χ4v) is 2.57. The van der Waals surface area contributed by atoms with Crippen molar-refractivity contribution in [3.05, 3.63) is 0 Å². The summed E-state index contributed by atoms with van der Waals surface area (Å²) < 4.78 is 0. The van der Waals surface area contributed by atoms with Crippen molar-refractivity contribution >= 4 is 6.08 Å². The Balaban J connectivity index is 5.10. The number of isocyanates is 1. The van der Waals surface area contributed by atoms with Gasteiger partial charge in [-0.15, -0.1) is 0 Å². The van der Waals surface area contributed by atoms with Crippen molar-refractivity contribution < 1.29 is 9.90 Å². The molecule has 0 amide bonds. The van der Waals surface area contributed by atoms with E-state index < -0.39 is 6.10 Å². The highest BCUT2D eigenvalue weighted by Crippen LogP contribution is 2.40. The third-order valence-electron chi connectivity index (χ3n) is 4.21. The number of rotatable bonds is 8. The lowest BCUT2D eigenvalue weighted by atomic mass is 9.66. The van der Waals surface area contributed by atoms with E-state index >= 15 is 0 Å². The summed E-state index contributed by atoms with van der Waals surface area (Å²) in [6.07, 6.45) is 5.02. The summed E-state index contributed by atoms with van der Waals surface area (Å²) >= 11 is 0. The van der Waals surface area contributed by atoms with Gasteiger partial charge in [0.1, 0.15) is 0 Å². The van der Waals surface area contributed by atoms with Crippen molar-refractivity contribution in [1.82, 2.24) is 0 Å². The van der Waals surface area contributed by atoms with Crippen LogP contribution in [0.25, 0.3) is 0 Å². The second-order valence-corrected chi connectivity index (χ2v) is 5.26. The van der Waals surface area contributed by atoms with Crippen LogP contribution in [0.3, 0.4) is 0 Å². The summed E-state index contributed by atoms with van der Waals surface area (Å²) in [6.45, 7) is 10.3. The van der Waals surface area contributed by atoms with Crippen LogP contribution in [0.1, 0.15) is 60.3 Å². The van der Waals surface area contributed by atoms with Gasteiger partial charge in [0.2, 0.25) is 6.08 Å². The molecule has 0 spiro atoms. The summed E-state index contributed by atoms with van der Waals surface area (Å²) in [6, 6.07) is -0.192. The number of hydrogen-bond acceptors (Lipinski definition) is 3. The van der Waals surface area contributed by atoms with E-state index in [1.807, 2.05) is 13.8 Å². The topological polar surface area (TPSA) is 49.7 Å². The van der Waals surface area contributed by atoms with Gasteiger partial charge in [-0.3, -0.25) is 0 Å². The van der Waals surface area contributed by atoms with Crippen molar-refractivity contribution in [1.29, 1.82) is 0 Å². The van der Waals surface area contributed by atoms with Crippen molar-refractivity contribution in [3.63, 3.8) is 0 Å². The highest BCUT2D eigenvalue weighted by molar-refractivity contribution is 5.34. The largest absolute Gasteiger partial charge is 0.392 e. The molecule has 3 nitrogen and oxygen atoms in total. The Morgan fingerprint density at radius 2 is 1.76 bits per heavy atom. The number of aliphatic imine (C=N–C) groups is 1. The van der Waals surface area contributed by atoms with Gasteiger partial charge in [0, 0.05) is 5.41 Å². The van der Waals surface area contributed by atoms with Crippen molar-refractivity contribution in [2.24, 2.45) is 16.3 Å². The molecule has 0 aromatic carbocycles. The first kappa shape index (κ1) is 16.3. The number of aliphatic hydroxyl groups is 1. The molecular weight excluding hydrogens is 214 g/mol. The predicted octanol–water partition coefficient (Wildman–Crippen LogP) is 3.31. The van der Waals surface area contributed by atoms with E-state index in [9.17, 15) is 9.90 Å². The van der Waals surface area contributed by atoms with Gasteiger partial charge < -0.3 is 5.11 Å². The normalized spacial score (nSPS) is 19.9. The molecule has 0 rings (SSSR count). The molecule has 1 N–H and O–H groups in total. The molecule has 0 bridgehead atoms. The first-order valence-corrected chi connectivity index (χ1v) is 6.70. The van der Waals surface area contributed by atoms with Crippen LogP contribution in [0.4, 0.5) is 0 Å². The van der Waals surface area contributed by atoms with Gasteiger partial charge in [0.25, 0.3) is 0 Å². The van der Waals surface area contributed by atoms with E-state index in [2.05, 4.69) is 25.8 Å². The molecule has 0 aliphatic carbocycles. The maximum Gasteiger partial charge on any atom is 0.235 e. The fourth-order valence-electron chi connectivity index (χ4n) is 2.57. The quantitative estimate of drug-likeness (QED) is 0.523. The van der Waals surface area contributed by atoms with Gasteiger partial charge in [-0.05, 0) is 19.3 Å². The molecule has 0 saturated carbocycles. The molecule has 0 aromatic rings. The minimum absolute atomic E-state index is 0.192. The first-order chi connectivity index (χ1) is 7.94. The summed E-state index contributed by atoms with van der Waals surface area (Å²) in [7, 11) is 0. The lowest BCUT2D eigenvalue weighted by Gasteiger charge is -2.42. The zero-order chi connectivity index (χ0) is 13.5. The molecule has 0 radical (unpaired) electrons. The van der Waals surface area contributed by atoms with E-state index in [0.29, 0.717) is 5.92 Å². The van der Waals surface area contributed by atoms with Crippen LogP contribution in [0.5, 0.6) is 0 Å². The summed E-state index contributed by atoms with van der Waals surface area (Å²) in [5, 5.41) is 10.4. The van der Waals surface area contributed by atoms with E-state index in [1.165, 1.54) is 0 Å². The maximum absolute atomic E-state index is 10.4. The number of hydrogen-bond donors (Lipinski definition) is 1. The zero-order valence-corrected chi connectivity index (χ0v) is 11.9. The van der Waals surface area contributed by atoms with Gasteiger partial charge in [-0.25, -0.2) is 9.79 Å². The Kier molecular flexibility index (Phi) is 7.33. The molecular formula is C14H27NO2. The molecule has 0 fully saturated rings. The Bertz CT molecular complexity index is 247. The SMILES string of the molecule is CCC[C@@H](O)C(C)(C(C)N=C=O)[C@@H](C)CCC. The minimum atomic E-state index is -0.416. The third-order valence-corrected chi connectivity index (χ3v) is 4.21. The van der Waals surface area contributed by atoms with Crippen molar-refractivity contribution in [2.45, 2.75) is 72.4 Å². The monoisotopic (exact) mass is 241 g/mol. The highest BCUT2D eigenvalue weighted by Gasteiger charge is 2.42. The predicted molar refractivity (Wildman–Crippen MR) is 70.7 cm³/mol. The molecule has 100 valence electrons. The standard InChI is InChI=1S/C14H27NO2/c1-6-8-11(3)14(5,12(4)15-10-16)13(17)9-7-2/h11-13,17H,6-9H2,1-5H3/t11-,12?,13+,14?/m0/s1. The molecule has 0 heterocycles. The average Bonchev–Trinajstić information content (AvgIpc) is 2.28. The Morgan fingerprint density at radius 1 is 1.24 bits per heavy atom. The molecule has 2 unspecified atom stereocenters. The zero-order valence-electron chi connectivity index (χ0n) is 11.9. The van der Waals surface area contributed by atoms with Gasteiger partial charge in [-0.1, -0.05) is 47.0 Å². The molecule has 0 saturated heterocycles. The second kappa shape index (κ2) is 7.62. The fraction of sp³-hybridized carbons (Fsp3) is 0.929. The van der Waals surface area contributed by atoms with Crippen LogP contribution in [0, 0.1) is 11.3 Å². The number of aliphatic hydroxyl groups excluding tert-OH is 1. The molecule has 0 aliphatic heterocycles. The highest BCUT2D eigenvalue weighted by atomic mass is 16.3. The van der Waals surface area contributed by atoms with E-state index in [0.717, 1.165) is 25.7 Å². The van der Waals surface area contributed by atoms with Crippen LogP contribution in [-0.2, 0) is 4.79 Å². The van der Waals surface area contributed by atoms with Gasteiger partial charge in [0.15, 0.2) is 0 Å². The Morgan fingerprint density at radius 3 is 2.18 bits per heavy atom. The van der Waals surface area contributed by atoms with Crippen molar-refractivity contribution in [3.8, 4) is 0 Å². The maximum atomic E-state index is 10.4. The van der Waals surface area contributed by atoms with Crippen LogP contribution in [0.2, 0.25) is 0 Å². The van der Waals surface area contributed by atoms with Crippen LogP contribution >= 0.6 is 0 Å². The first-order valence-electron chi connectivity index (χ1n) is 6.70. The summed E-state index contributed by atoms with van der Waals surface area (Å²) in [5.74, 6) is 0.334. The Hall–Kier alpha value is -0.660. The molecule has 0 aromatic heterocycles. The molecule has 17 heavy (non-hydrogen) atoms. The lowest BCUT2D eigenvalue weighted by Crippen LogP contribution is -2.45. The average molecular weight is 241 g/mol. The molecule has 3 heteroatoms. The summed E-state index contributed by atoms with van der Waals surface area (Å²) in [5.41, 5.74) is -0.344. The van der Waals surface area contributed by atoms with Crippen LogP contribution in [-0.4, -0.2) is 23.3 Å². The third kappa shape index (κ3) is 3.93. The second-order valence-electron chi connectivity index (χ2n) is 5.26. The van der Waals surface area contributed by atoms with Crippen molar-refractivity contribution in [2.75, 3.05) is 0 Å². The summed E-state index contributed by atoms with van der Waals surface area (Å²) in [4.78, 5) is 14.3. The van der Waals surface area contributed by atoms with Crippen LogP contribution < -0.4 is 0 Å². The molecule has 0 aliphatic rings. The minimum Gasteiger partial charge on any atom is -0.392 e. The Labute approximate surface area is 105 Å². The smallest absolute Gasteiger partial charge is 0.235 e. The van der Waals surface area contributed by atoms with E-state index in [1.54, 1.807) is 6.08 Å².